The summed E-state index contributed by atoms with van der Waals surface area (Å²) in [5, 5.41) is 16.9. The SMILES string of the molecule is CC(C)(NC(=O)NC1CCC(C(=O)O)CC1)c1cccs1. The molecule has 0 spiro atoms. The predicted molar refractivity (Wildman–Crippen MR) is 82.4 cm³/mol. The summed E-state index contributed by atoms with van der Waals surface area (Å²) < 4.78 is 0. The van der Waals surface area contributed by atoms with Crippen molar-refractivity contribution in [3.05, 3.63) is 22.4 Å². The van der Waals surface area contributed by atoms with E-state index in [1.165, 1.54) is 0 Å². The lowest BCUT2D eigenvalue weighted by molar-refractivity contribution is -0.142. The summed E-state index contributed by atoms with van der Waals surface area (Å²) in [7, 11) is 0. The highest BCUT2D eigenvalue weighted by molar-refractivity contribution is 7.10. The predicted octanol–water partition coefficient (Wildman–Crippen LogP) is 2.93. The van der Waals surface area contributed by atoms with E-state index in [1.807, 2.05) is 31.4 Å². The largest absolute Gasteiger partial charge is 0.481 e. The van der Waals surface area contributed by atoms with Crippen LogP contribution in [0.25, 0.3) is 0 Å². The molecule has 1 saturated carbocycles. The quantitative estimate of drug-likeness (QED) is 0.800. The smallest absolute Gasteiger partial charge is 0.315 e. The number of carbonyl (C=O) groups is 2. The lowest BCUT2D eigenvalue weighted by atomic mass is 9.86. The van der Waals surface area contributed by atoms with Crippen LogP contribution in [0.2, 0.25) is 0 Å². The van der Waals surface area contributed by atoms with Crippen molar-refractivity contribution in [3.63, 3.8) is 0 Å². The van der Waals surface area contributed by atoms with Gasteiger partial charge >= 0.3 is 12.0 Å². The molecule has 2 rings (SSSR count). The Morgan fingerprint density at radius 1 is 1.29 bits per heavy atom. The molecule has 21 heavy (non-hydrogen) atoms. The molecule has 6 heteroatoms. The molecule has 0 unspecified atom stereocenters. The molecule has 1 aliphatic rings. The Bertz CT molecular complexity index is 491. The first kappa shape index (κ1) is 15.8. The summed E-state index contributed by atoms with van der Waals surface area (Å²) >= 11 is 1.61. The third-order valence-corrected chi connectivity index (χ3v) is 5.17. The standard InChI is InChI=1S/C15H22N2O3S/c1-15(2,12-4-3-9-21-12)17-14(20)16-11-7-5-10(6-8-11)13(18)19/h3-4,9-11H,5-8H2,1-2H3,(H,18,19)(H2,16,17,20). The van der Waals surface area contributed by atoms with E-state index in [9.17, 15) is 9.59 Å². The Labute approximate surface area is 128 Å². The summed E-state index contributed by atoms with van der Waals surface area (Å²) in [5.74, 6) is -0.981. The van der Waals surface area contributed by atoms with Gasteiger partial charge in [0.05, 0.1) is 11.5 Å². The van der Waals surface area contributed by atoms with Crippen molar-refractivity contribution in [2.75, 3.05) is 0 Å². The molecule has 0 bridgehead atoms. The van der Waals surface area contributed by atoms with Crippen LogP contribution in [0.4, 0.5) is 4.79 Å². The molecular weight excluding hydrogens is 288 g/mol. The first-order valence-electron chi connectivity index (χ1n) is 7.24. The van der Waals surface area contributed by atoms with Crippen molar-refractivity contribution in [2.45, 2.75) is 51.1 Å². The Balaban J connectivity index is 1.82. The van der Waals surface area contributed by atoms with Gasteiger partial charge in [-0.05, 0) is 51.0 Å². The summed E-state index contributed by atoms with van der Waals surface area (Å²) in [6, 6.07) is 3.85. The van der Waals surface area contributed by atoms with E-state index in [0.717, 1.165) is 17.7 Å². The van der Waals surface area contributed by atoms with Gasteiger partial charge in [0.15, 0.2) is 0 Å². The van der Waals surface area contributed by atoms with E-state index in [-0.39, 0.29) is 18.0 Å². The van der Waals surface area contributed by atoms with Gasteiger partial charge in [0.2, 0.25) is 0 Å². The fourth-order valence-corrected chi connectivity index (χ4v) is 3.49. The number of thiophene rings is 1. The van der Waals surface area contributed by atoms with Gasteiger partial charge in [-0.15, -0.1) is 11.3 Å². The first-order valence-corrected chi connectivity index (χ1v) is 8.12. The lowest BCUT2D eigenvalue weighted by Gasteiger charge is -2.30. The number of carboxylic acid groups (broad SMARTS) is 1. The topological polar surface area (TPSA) is 78.4 Å². The van der Waals surface area contributed by atoms with Crippen LogP contribution in [0.5, 0.6) is 0 Å². The van der Waals surface area contributed by atoms with Gasteiger partial charge in [0.1, 0.15) is 0 Å². The van der Waals surface area contributed by atoms with Crippen LogP contribution in [0.3, 0.4) is 0 Å². The van der Waals surface area contributed by atoms with Crippen LogP contribution in [-0.2, 0) is 10.3 Å². The second kappa shape index (κ2) is 6.47. The van der Waals surface area contributed by atoms with Crippen LogP contribution in [0.1, 0.15) is 44.4 Å². The average molecular weight is 310 g/mol. The number of hydrogen-bond acceptors (Lipinski definition) is 3. The number of aliphatic carboxylic acids is 1. The number of carboxylic acids is 1. The molecule has 116 valence electrons. The van der Waals surface area contributed by atoms with E-state index in [0.29, 0.717) is 12.8 Å². The van der Waals surface area contributed by atoms with Gasteiger partial charge in [-0.25, -0.2) is 4.79 Å². The van der Waals surface area contributed by atoms with Crippen molar-refractivity contribution in [2.24, 2.45) is 5.92 Å². The minimum atomic E-state index is -0.725. The highest BCUT2D eigenvalue weighted by Gasteiger charge is 2.28. The zero-order valence-electron chi connectivity index (χ0n) is 12.4. The van der Waals surface area contributed by atoms with Gasteiger partial charge in [-0.2, -0.15) is 0 Å². The summed E-state index contributed by atoms with van der Waals surface area (Å²) in [4.78, 5) is 24.1. The van der Waals surface area contributed by atoms with Gasteiger partial charge in [0, 0.05) is 10.9 Å². The molecule has 1 fully saturated rings. The highest BCUT2D eigenvalue weighted by atomic mass is 32.1. The number of nitrogens with one attached hydrogen (secondary N) is 2. The van der Waals surface area contributed by atoms with Gasteiger partial charge in [-0.1, -0.05) is 6.07 Å². The van der Waals surface area contributed by atoms with Crippen LogP contribution >= 0.6 is 11.3 Å². The monoisotopic (exact) mass is 310 g/mol. The normalized spacial score (nSPS) is 22.6. The minimum absolute atomic E-state index is 0.0692. The maximum absolute atomic E-state index is 12.1. The fourth-order valence-electron chi connectivity index (χ4n) is 2.69. The molecule has 1 aliphatic carbocycles. The van der Waals surface area contributed by atoms with E-state index in [2.05, 4.69) is 10.6 Å². The van der Waals surface area contributed by atoms with E-state index in [4.69, 9.17) is 5.11 Å². The molecule has 3 N–H and O–H groups in total. The maximum Gasteiger partial charge on any atom is 0.315 e. The zero-order chi connectivity index (χ0) is 15.5. The van der Waals surface area contributed by atoms with E-state index in [1.54, 1.807) is 11.3 Å². The van der Waals surface area contributed by atoms with Crippen LogP contribution in [0.15, 0.2) is 17.5 Å². The molecule has 0 atom stereocenters. The third-order valence-electron chi connectivity index (χ3n) is 3.97. The second-order valence-electron chi connectivity index (χ2n) is 6.09. The molecule has 2 amide bonds. The van der Waals surface area contributed by atoms with Gasteiger partial charge in [-0.3, -0.25) is 4.79 Å². The zero-order valence-corrected chi connectivity index (χ0v) is 13.2. The Hall–Kier alpha value is -1.56. The number of rotatable bonds is 4. The van der Waals surface area contributed by atoms with E-state index >= 15 is 0 Å². The fraction of sp³-hybridized carbons (Fsp3) is 0.600. The highest BCUT2D eigenvalue weighted by Crippen LogP contribution is 2.26. The third kappa shape index (κ3) is 4.20. The molecule has 5 nitrogen and oxygen atoms in total. The first-order chi connectivity index (χ1) is 9.88. The van der Waals surface area contributed by atoms with Crippen molar-refractivity contribution >= 4 is 23.3 Å². The van der Waals surface area contributed by atoms with Crippen molar-refractivity contribution < 1.29 is 14.7 Å². The number of urea groups is 1. The maximum atomic E-state index is 12.1. The average Bonchev–Trinajstić information content (AvgIpc) is 2.93. The van der Waals surface area contributed by atoms with Gasteiger partial charge in [0.25, 0.3) is 0 Å². The summed E-state index contributed by atoms with van der Waals surface area (Å²) in [6.45, 7) is 3.94. The lowest BCUT2D eigenvalue weighted by Crippen LogP contribution is -2.50. The molecule has 0 aromatic carbocycles. The molecule has 1 aromatic heterocycles. The number of carbonyl (C=O) groups excluding carboxylic acids is 1. The number of hydrogen-bond donors (Lipinski definition) is 3. The summed E-state index contributed by atoms with van der Waals surface area (Å²) in [5.41, 5.74) is -0.406. The van der Waals surface area contributed by atoms with E-state index < -0.39 is 11.5 Å². The molecular formula is C15H22N2O3S. The van der Waals surface area contributed by atoms with Crippen LogP contribution in [0, 0.1) is 5.92 Å². The molecule has 0 aliphatic heterocycles. The number of amides is 2. The Morgan fingerprint density at radius 3 is 2.48 bits per heavy atom. The van der Waals surface area contributed by atoms with Crippen molar-refractivity contribution in [1.82, 2.24) is 10.6 Å². The Morgan fingerprint density at radius 2 is 1.95 bits per heavy atom. The molecule has 0 radical (unpaired) electrons. The van der Waals surface area contributed by atoms with Crippen LogP contribution in [-0.4, -0.2) is 23.1 Å². The van der Waals surface area contributed by atoms with Crippen molar-refractivity contribution in [1.29, 1.82) is 0 Å². The minimum Gasteiger partial charge on any atom is -0.481 e. The Kier molecular flexibility index (Phi) is 4.88. The van der Waals surface area contributed by atoms with Gasteiger partial charge < -0.3 is 15.7 Å². The molecule has 1 heterocycles. The molecule has 1 aromatic rings. The van der Waals surface area contributed by atoms with Crippen molar-refractivity contribution in [3.8, 4) is 0 Å². The van der Waals surface area contributed by atoms with Crippen LogP contribution < -0.4 is 10.6 Å². The summed E-state index contributed by atoms with van der Waals surface area (Å²) in [6.07, 6.45) is 2.72. The second-order valence-corrected chi connectivity index (χ2v) is 7.04. The molecule has 0 saturated heterocycles.